The highest BCUT2D eigenvalue weighted by Gasteiger charge is 2.19. The van der Waals surface area contributed by atoms with Crippen molar-refractivity contribution >= 4 is 44.8 Å². The third-order valence-electron chi connectivity index (χ3n) is 12.7. The van der Waals surface area contributed by atoms with Gasteiger partial charge in [0, 0.05) is 0 Å². The zero-order chi connectivity index (χ0) is 44.1. The molecule has 310 valence electrons. The molecule has 0 spiro atoms. The normalized spacial score (nSPS) is 11.0. The molecule has 0 bridgehead atoms. The van der Waals surface area contributed by atoms with Gasteiger partial charge in [-0.15, -0.1) is 0 Å². The fourth-order valence-corrected chi connectivity index (χ4v) is 9.43. The zero-order valence-electron chi connectivity index (χ0n) is 36.6. The fraction of sp³-hybridized carbons (Fsp3) is 0. The quantitative estimate of drug-likeness (QED) is 0.0951. The van der Waals surface area contributed by atoms with Crippen LogP contribution in [0.15, 0.2) is 267 Å². The molecule has 0 heteroatoms. The van der Waals surface area contributed by atoms with Crippen LogP contribution in [0.4, 0.5) is 0 Å². The molecule has 0 aliphatic rings. The summed E-state index contributed by atoms with van der Waals surface area (Å²) in [6.07, 6.45) is 4.63. The molecule has 0 aromatic heterocycles. The van der Waals surface area contributed by atoms with Gasteiger partial charge in [-0.25, -0.2) is 0 Å². The molecular formula is C66H46. The maximum Gasteiger partial charge on any atom is -0.00261 e. The second-order valence-corrected chi connectivity index (χ2v) is 16.8. The Morgan fingerprint density at radius 1 is 0.212 bits per heavy atom. The van der Waals surface area contributed by atoms with E-state index in [2.05, 4.69) is 279 Å². The summed E-state index contributed by atoms with van der Waals surface area (Å²) in [5.74, 6) is 0. The van der Waals surface area contributed by atoms with Crippen molar-refractivity contribution in [1.29, 1.82) is 0 Å². The van der Waals surface area contributed by atoms with E-state index in [0.29, 0.717) is 0 Å². The molecule has 11 rings (SSSR count). The molecular weight excluding hydrogens is 793 g/mol. The van der Waals surface area contributed by atoms with Gasteiger partial charge in [0.05, 0.1) is 0 Å². The summed E-state index contributed by atoms with van der Waals surface area (Å²) < 4.78 is 0. The van der Waals surface area contributed by atoms with Crippen molar-refractivity contribution in [3.63, 3.8) is 0 Å². The summed E-state index contributed by atoms with van der Waals surface area (Å²) in [6, 6.07) is 96.7. The Kier molecular flexibility index (Phi) is 11.1. The van der Waals surface area contributed by atoms with E-state index in [1.54, 1.807) is 0 Å². The lowest BCUT2D eigenvalue weighted by atomic mass is 9.83. The van der Waals surface area contributed by atoms with E-state index >= 15 is 0 Å². The number of benzene rings is 11. The maximum absolute atomic E-state index is 2.41. The minimum atomic E-state index is 1.15. The van der Waals surface area contributed by atoms with Gasteiger partial charge in [0.1, 0.15) is 0 Å². The molecule has 0 atom stereocenters. The molecule has 0 aliphatic carbocycles. The van der Waals surface area contributed by atoms with Crippen LogP contribution in [0.5, 0.6) is 0 Å². The van der Waals surface area contributed by atoms with Crippen LogP contribution in [0.1, 0.15) is 33.4 Å². The average Bonchev–Trinajstić information content (AvgIpc) is 3.40. The second-order valence-electron chi connectivity index (χ2n) is 16.8. The first kappa shape index (κ1) is 40.2. The predicted molar refractivity (Wildman–Crippen MR) is 283 cm³/mol. The van der Waals surface area contributed by atoms with Gasteiger partial charge in [-0.3, -0.25) is 0 Å². The van der Waals surface area contributed by atoms with Gasteiger partial charge in [0.15, 0.2) is 0 Å². The van der Waals surface area contributed by atoms with E-state index in [1.807, 2.05) is 0 Å². The van der Waals surface area contributed by atoms with Gasteiger partial charge >= 0.3 is 0 Å². The highest BCUT2D eigenvalue weighted by atomic mass is 14.2. The summed E-state index contributed by atoms with van der Waals surface area (Å²) in [7, 11) is 0. The number of fused-ring (bicyclic) bond motifs is 2. The van der Waals surface area contributed by atoms with Crippen molar-refractivity contribution in [2.45, 2.75) is 0 Å². The first-order valence-corrected chi connectivity index (χ1v) is 22.7. The van der Waals surface area contributed by atoms with Gasteiger partial charge in [-0.1, -0.05) is 255 Å². The van der Waals surface area contributed by atoms with E-state index in [9.17, 15) is 0 Å². The van der Waals surface area contributed by atoms with Crippen LogP contribution >= 0.6 is 0 Å². The Bertz CT molecular complexity index is 3160. The first-order chi connectivity index (χ1) is 32.7. The monoisotopic (exact) mass is 838 g/mol. The van der Waals surface area contributed by atoms with Crippen LogP contribution in [-0.2, 0) is 0 Å². The maximum atomic E-state index is 2.41. The Morgan fingerprint density at radius 2 is 0.485 bits per heavy atom. The Morgan fingerprint density at radius 3 is 0.788 bits per heavy atom. The highest BCUT2D eigenvalue weighted by Crippen LogP contribution is 2.46. The molecule has 0 N–H and O–H groups in total. The molecule has 0 unspecified atom stereocenters. The van der Waals surface area contributed by atoms with Crippen LogP contribution in [0.25, 0.3) is 89.4 Å². The van der Waals surface area contributed by atoms with Crippen molar-refractivity contribution in [2.24, 2.45) is 0 Å². The lowest BCUT2D eigenvalue weighted by Crippen LogP contribution is -1.93. The predicted octanol–water partition coefficient (Wildman–Crippen LogP) is 17.8. The molecule has 0 aliphatic heterocycles. The summed E-state index contributed by atoms with van der Waals surface area (Å²) >= 11 is 0. The van der Waals surface area contributed by atoms with E-state index in [1.165, 1.54) is 99.5 Å². The minimum Gasteiger partial charge on any atom is -0.0622 e. The molecule has 0 radical (unpaired) electrons. The van der Waals surface area contributed by atoms with Crippen molar-refractivity contribution in [1.82, 2.24) is 0 Å². The highest BCUT2D eigenvalue weighted by molar-refractivity contribution is 6.22. The molecule has 11 aromatic carbocycles. The number of rotatable bonds is 10. The van der Waals surface area contributed by atoms with E-state index in [4.69, 9.17) is 0 Å². The van der Waals surface area contributed by atoms with Gasteiger partial charge in [0.25, 0.3) is 0 Å². The molecule has 0 heterocycles. The average molecular weight is 839 g/mol. The van der Waals surface area contributed by atoms with E-state index in [0.717, 1.165) is 11.1 Å². The van der Waals surface area contributed by atoms with Crippen LogP contribution in [0.3, 0.4) is 0 Å². The summed E-state index contributed by atoms with van der Waals surface area (Å²) in [5, 5.41) is 4.89. The lowest BCUT2D eigenvalue weighted by molar-refractivity contribution is 1.55. The summed E-state index contributed by atoms with van der Waals surface area (Å²) in [6.45, 7) is 0. The summed E-state index contributed by atoms with van der Waals surface area (Å²) in [4.78, 5) is 0. The van der Waals surface area contributed by atoms with Crippen molar-refractivity contribution < 1.29 is 0 Å². The molecule has 11 aromatic rings. The SMILES string of the molecule is C(=C(c1ccccc1)c1ccccc1)c1ccc(-c2c3ccc(-c4ccccc4)cc3c(-c3ccc(C=C(c4ccccc4)c4ccccc4)cc3)c3ccc(-c4ccccc4)cc23)cc1. The molecule has 66 heavy (non-hydrogen) atoms. The standard InChI is InChI=1S/C66H46/c1-7-19-49(20-8-1)57-39-41-59-63(45-57)65(55-35-31-47(32-36-55)43-61(51-23-11-3-12-24-51)52-25-13-4-14-26-52)60-42-40-58(50-21-9-2-10-22-50)46-64(60)66(59)56-37-33-48(34-38-56)44-62(53-27-15-5-16-28-53)54-29-17-6-18-30-54/h1-46H. The second kappa shape index (κ2) is 18.3. The lowest BCUT2D eigenvalue weighted by Gasteiger charge is -2.20. The molecule has 0 fully saturated rings. The summed E-state index contributed by atoms with van der Waals surface area (Å²) in [5.41, 5.74) is 19.1. The molecule has 0 nitrogen and oxygen atoms in total. The largest absolute Gasteiger partial charge is 0.0622 e. The molecule has 0 saturated heterocycles. The minimum absolute atomic E-state index is 1.15. The zero-order valence-corrected chi connectivity index (χ0v) is 36.6. The van der Waals surface area contributed by atoms with Crippen LogP contribution in [0, 0.1) is 0 Å². The molecule has 0 amide bonds. The Balaban J connectivity index is 1.11. The van der Waals surface area contributed by atoms with Gasteiger partial charge < -0.3 is 0 Å². The first-order valence-electron chi connectivity index (χ1n) is 22.7. The van der Waals surface area contributed by atoms with Crippen LogP contribution in [0.2, 0.25) is 0 Å². The topological polar surface area (TPSA) is 0 Å². The smallest absolute Gasteiger partial charge is 0.00261 e. The van der Waals surface area contributed by atoms with Gasteiger partial charge in [-0.2, -0.15) is 0 Å². The van der Waals surface area contributed by atoms with Crippen LogP contribution < -0.4 is 0 Å². The van der Waals surface area contributed by atoms with Crippen molar-refractivity contribution in [2.75, 3.05) is 0 Å². The molecule has 0 saturated carbocycles. The third-order valence-corrected chi connectivity index (χ3v) is 12.7. The van der Waals surface area contributed by atoms with Gasteiger partial charge in [-0.05, 0) is 135 Å². The number of hydrogen-bond acceptors (Lipinski definition) is 0. The fourth-order valence-electron chi connectivity index (χ4n) is 9.43. The van der Waals surface area contributed by atoms with Crippen molar-refractivity contribution in [3.8, 4) is 44.5 Å². The van der Waals surface area contributed by atoms with E-state index < -0.39 is 0 Å². The number of hydrogen-bond donors (Lipinski definition) is 0. The van der Waals surface area contributed by atoms with Gasteiger partial charge in [0.2, 0.25) is 0 Å². The van der Waals surface area contributed by atoms with Crippen molar-refractivity contribution in [3.05, 3.63) is 300 Å². The third kappa shape index (κ3) is 8.21. The Hall–Kier alpha value is -8.58. The van der Waals surface area contributed by atoms with E-state index in [-0.39, 0.29) is 0 Å². The Labute approximate surface area is 387 Å². The van der Waals surface area contributed by atoms with Crippen LogP contribution in [-0.4, -0.2) is 0 Å².